The van der Waals surface area contributed by atoms with Crippen LogP contribution in [0.3, 0.4) is 0 Å². The average Bonchev–Trinajstić information content (AvgIpc) is 4.18. The van der Waals surface area contributed by atoms with Gasteiger partial charge in [0.25, 0.3) is 0 Å². The summed E-state index contributed by atoms with van der Waals surface area (Å²) in [6.07, 6.45) is 0. The zero-order valence-corrected chi connectivity index (χ0v) is 43.0. The number of rotatable bonds is 5. The summed E-state index contributed by atoms with van der Waals surface area (Å²) in [6.45, 7) is 19.1. The summed E-state index contributed by atoms with van der Waals surface area (Å²) in [5.41, 5.74) is 27.0. The van der Waals surface area contributed by atoms with Crippen molar-refractivity contribution in [1.82, 2.24) is 0 Å². The van der Waals surface area contributed by atoms with Gasteiger partial charge < -0.3 is 23.2 Å². The number of fused-ring (bicyclic) bond motifs is 20. The number of anilines is 3. The quantitative estimate of drug-likeness (QED) is 0.172. The van der Waals surface area contributed by atoms with Crippen molar-refractivity contribution in [2.45, 2.75) is 77.0 Å². The zero-order chi connectivity index (χ0) is 49.8. The minimum atomic E-state index is -0.296. The molecule has 73 heavy (non-hydrogen) atoms. The molecule has 0 fully saturated rings. The van der Waals surface area contributed by atoms with Gasteiger partial charge >= 0.3 is 0 Å². The highest BCUT2D eigenvalue weighted by Gasteiger charge is 2.45. The molecule has 0 saturated carbocycles. The van der Waals surface area contributed by atoms with Crippen molar-refractivity contribution in [3.05, 3.63) is 196 Å². The molecule has 11 aromatic rings. The Balaban J connectivity index is 0.881. The predicted molar refractivity (Wildman–Crippen MR) is 299 cm³/mol. The Morgan fingerprint density at radius 1 is 0.329 bits per heavy atom. The van der Waals surface area contributed by atoms with Crippen LogP contribution in [0.4, 0.5) is 17.1 Å². The van der Waals surface area contributed by atoms with E-state index in [0.29, 0.717) is 0 Å². The lowest BCUT2D eigenvalue weighted by atomic mass is 9.79. The number of hydrogen-bond acceptors (Lipinski definition) is 5. The van der Waals surface area contributed by atoms with Crippen LogP contribution in [0.25, 0.3) is 88.4 Å². The molecule has 0 amide bonds. The average molecular weight is 950 g/mol. The Kier molecular flexibility index (Phi) is 8.14. The maximum Gasteiger partial charge on any atom is 0.136 e. The van der Waals surface area contributed by atoms with Crippen LogP contribution in [0.2, 0.25) is 0 Å². The standard InChI is InChI=1S/C68H55NO4/c1-65(2)49-23-25-59-63(43-15-11-13-17-57(43)72-59)61(49)47-34-53-45(32-55(47)65)41-21-19-36(29-51(41)67(53,5)6)69(38-27-39(70-9)31-40(28-38)71-10)37-20-22-42-46-33-56-48(35-54(46)68(7,8)52(42)30-37)62-50(66(56,3)4)24-26-60-64(62)44-16-12-14-18-58(44)73-60/h11-35H,1-10H3. The van der Waals surface area contributed by atoms with Crippen LogP contribution in [-0.4, -0.2) is 14.2 Å². The van der Waals surface area contributed by atoms with Gasteiger partial charge in [-0.3, -0.25) is 0 Å². The molecule has 0 bridgehead atoms. The van der Waals surface area contributed by atoms with E-state index in [9.17, 15) is 0 Å². The van der Waals surface area contributed by atoms with E-state index in [1.807, 2.05) is 6.07 Å². The van der Waals surface area contributed by atoms with Crippen molar-refractivity contribution in [1.29, 1.82) is 0 Å². The van der Waals surface area contributed by atoms with Crippen molar-refractivity contribution < 1.29 is 18.3 Å². The molecule has 2 heterocycles. The fourth-order valence-electron chi connectivity index (χ4n) is 14.2. The maximum absolute atomic E-state index is 6.47. The summed E-state index contributed by atoms with van der Waals surface area (Å²) < 4.78 is 24.8. The van der Waals surface area contributed by atoms with Gasteiger partial charge in [0.1, 0.15) is 33.8 Å². The fourth-order valence-corrected chi connectivity index (χ4v) is 14.2. The Hall–Kier alpha value is -8.02. The molecule has 0 saturated heterocycles. The molecule has 0 aliphatic heterocycles. The maximum atomic E-state index is 6.47. The third-order valence-corrected chi connectivity index (χ3v) is 18.0. The predicted octanol–water partition coefficient (Wildman–Crippen LogP) is 18.2. The van der Waals surface area contributed by atoms with Crippen molar-refractivity contribution >= 4 is 60.9 Å². The molecule has 5 heteroatoms. The topological polar surface area (TPSA) is 48.0 Å². The first kappa shape index (κ1) is 42.6. The molecule has 15 rings (SSSR count). The number of para-hydroxylation sites is 2. The lowest BCUT2D eigenvalue weighted by molar-refractivity contribution is 0.394. The van der Waals surface area contributed by atoms with E-state index < -0.39 is 0 Å². The minimum absolute atomic E-state index is 0.190. The first-order chi connectivity index (χ1) is 35.1. The molecule has 9 aromatic carbocycles. The molecule has 5 nitrogen and oxygen atoms in total. The molecule has 0 unspecified atom stereocenters. The van der Waals surface area contributed by atoms with Crippen LogP contribution in [0, 0.1) is 0 Å². The van der Waals surface area contributed by atoms with Crippen LogP contribution in [-0.2, 0) is 21.7 Å². The third-order valence-electron chi connectivity index (χ3n) is 18.0. The first-order valence-electron chi connectivity index (χ1n) is 25.7. The summed E-state index contributed by atoms with van der Waals surface area (Å²) in [7, 11) is 3.45. The van der Waals surface area contributed by atoms with E-state index in [1.165, 1.54) is 111 Å². The van der Waals surface area contributed by atoms with Crippen molar-refractivity contribution in [2.24, 2.45) is 0 Å². The summed E-state index contributed by atoms with van der Waals surface area (Å²) in [5.74, 6) is 1.46. The highest BCUT2D eigenvalue weighted by atomic mass is 16.5. The van der Waals surface area contributed by atoms with Gasteiger partial charge in [0.05, 0.1) is 19.9 Å². The Bertz CT molecular complexity index is 4030. The van der Waals surface area contributed by atoms with E-state index in [0.717, 1.165) is 50.9 Å². The molecule has 356 valence electrons. The number of benzene rings is 9. The zero-order valence-electron chi connectivity index (χ0n) is 43.0. The number of ether oxygens (including phenoxy) is 2. The second-order valence-electron chi connectivity index (χ2n) is 23.2. The lowest BCUT2D eigenvalue weighted by Gasteiger charge is -2.30. The summed E-state index contributed by atoms with van der Waals surface area (Å²) >= 11 is 0. The molecule has 2 aromatic heterocycles. The van der Waals surface area contributed by atoms with Gasteiger partial charge in [-0.15, -0.1) is 0 Å². The molecule has 0 N–H and O–H groups in total. The number of hydrogen-bond donors (Lipinski definition) is 0. The van der Waals surface area contributed by atoms with Crippen LogP contribution in [0.5, 0.6) is 11.5 Å². The van der Waals surface area contributed by atoms with E-state index in [1.54, 1.807) is 14.2 Å². The first-order valence-corrected chi connectivity index (χ1v) is 25.7. The smallest absolute Gasteiger partial charge is 0.136 e. The molecule has 4 aliphatic carbocycles. The second kappa shape index (κ2) is 13.9. The van der Waals surface area contributed by atoms with Gasteiger partial charge in [-0.1, -0.05) is 116 Å². The van der Waals surface area contributed by atoms with Crippen LogP contribution >= 0.6 is 0 Å². The summed E-state index contributed by atoms with van der Waals surface area (Å²) in [4.78, 5) is 2.39. The Labute approximate surface area is 425 Å². The summed E-state index contributed by atoms with van der Waals surface area (Å²) in [6, 6.07) is 56.3. The summed E-state index contributed by atoms with van der Waals surface area (Å²) in [5, 5.41) is 4.76. The van der Waals surface area contributed by atoms with E-state index in [2.05, 4.69) is 206 Å². The second-order valence-corrected chi connectivity index (χ2v) is 23.2. The van der Waals surface area contributed by atoms with Crippen molar-refractivity contribution in [3.8, 4) is 56.0 Å². The fraction of sp³-hybridized carbons (Fsp3) is 0.206. The van der Waals surface area contributed by atoms with E-state index >= 15 is 0 Å². The van der Waals surface area contributed by atoms with Crippen LogP contribution in [0.15, 0.2) is 160 Å². The normalized spacial score (nSPS) is 16.2. The van der Waals surface area contributed by atoms with Crippen molar-refractivity contribution in [2.75, 3.05) is 19.1 Å². The minimum Gasteiger partial charge on any atom is -0.497 e. The largest absolute Gasteiger partial charge is 0.497 e. The number of furan rings is 2. The third kappa shape index (κ3) is 5.37. The van der Waals surface area contributed by atoms with Gasteiger partial charge in [-0.05, 0) is 162 Å². The van der Waals surface area contributed by atoms with Gasteiger partial charge in [0.2, 0.25) is 0 Å². The molecule has 0 atom stereocenters. The van der Waals surface area contributed by atoms with Gasteiger partial charge in [-0.2, -0.15) is 0 Å². The number of methoxy groups -OCH3 is 2. The van der Waals surface area contributed by atoms with Gasteiger partial charge in [0, 0.05) is 72.8 Å². The molecule has 0 radical (unpaired) electrons. The highest BCUT2D eigenvalue weighted by Crippen LogP contribution is 2.61. The lowest BCUT2D eigenvalue weighted by Crippen LogP contribution is -2.18. The number of nitrogens with zero attached hydrogens (tertiary/aromatic N) is 1. The Morgan fingerprint density at radius 2 is 0.712 bits per heavy atom. The van der Waals surface area contributed by atoms with Crippen molar-refractivity contribution in [3.63, 3.8) is 0 Å². The SMILES string of the molecule is COc1cc(OC)cc(N(c2ccc3c(c2)C(C)(C)c2cc4c(cc2-3)C(C)(C)c2ccc3oc5ccccc5c3c2-4)c2ccc3c(c2)C(C)(C)c2cc4c(cc2-3)C(C)(C)c2ccc3oc5ccccc5c3c2-4)c1. The van der Waals surface area contributed by atoms with Gasteiger partial charge in [0.15, 0.2) is 0 Å². The molecule has 0 spiro atoms. The van der Waals surface area contributed by atoms with E-state index in [4.69, 9.17) is 18.3 Å². The Morgan fingerprint density at radius 3 is 1.15 bits per heavy atom. The van der Waals surface area contributed by atoms with Gasteiger partial charge in [-0.25, -0.2) is 0 Å². The highest BCUT2D eigenvalue weighted by molar-refractivity contribution is 6.16. The molecule has 4 aliphatic rings. The van der Waals surface area contributed by atoms with Crippen LogP contribution in [0.1, 0.15) is 99.9 Å². The van der Waals surface area contributed by atoms with Crippen LogP contribution < -0.4 is 14.4 Å². The molecular weight excluding hydrogens is 895 g/mol. The van der Waals surface area contributed by atoms with E-state index in [-0.39, 0.29) is 21.7 Å². The monoisotopic (exact) mass is 949 g/mol. The molecular formula is C68H55NO4.